The molecule has 0 radical (unpaired) electrons. The molecule has 0 aromatic carbocycles. The van der Waals surface area contributed by atoms with Gasteiger partial charge in [0.1, 0.15) is 5.69 Å². The number of amides is 1. The lowest BCUT2D eigenvalue weighted by molar-refractivity contribution is -0.120. The Hall–Kier alpha value is -1.66. The van der Waals surface area contributed by atoms with Crippen LogP contribution in [0.3, 0.4) is 0 Å². The average Bonchev–Trinajstić information content (AvgIpc) is 2.90. The van der Waals surface area contributed by atoms with Crippen LogP contribution in [0.5, 0.6) is 5.88 Å². The van der Waals surface area contributed by atoms with Crippen molar-refractivity contribution in [2.75, 3.05) is 31.7 Å². The molecule has 0 spiro atoms. The smallest absolute Gasteiger partial charge is 0.237 e. The molecule has 0 aliphatic carbocycles. The van der Waals surface area contributed by atoms with Crippen molar-refractivity contribution >= 4 is 11.6 Å². The molecule has 1 amide bonds. The Labute approximate surface area is 118 Å². The molecule has 2 rings (SSSR count). The number of aromatic nitrogens is 1. The topological polar surface area (TPSA) is 72.5 Å². The van der Waals surface area contributed by atoms with Crippen molar-refractivity contribution in [2.24, 2.45) is 5.92 Å². The van der Waals surface area contributed by atoms with Crippen LogP contribution in [0, 0.1) is 5.92 Å². The molecule has 1 aromatic rings. The largest absolute Gasteiger partial charge is 0.476 e. The summed E-state index contributed by atoms with van der Waals surface area (Å²) in [5.74, 6) is 0.189. The second kappa shape index (κ2) is 7.21. The van der Waals surface area contributed by atoms with Crippen LogP contribution in [0.15, 0.2) is 18.3 Å². The lowest BCUT2D eigenvalue weighted by atomic mass is 10.0. The Morgan fingerprint density at radius 2 is 2.35 bits per heavy atom. The van der Waals surface area contributed by atoms with Gasteiger partial charge in [-0.3, -0.25) is 4.79 Å². The lowest BCUT2D eigenvalue weighted by Crippen LogP contribution is -2.41. The second-order valence-electron chi connectivity index (χ2n) is 4.59. The molecule has 1 aromatic heterocycles. The fourth-order valence-corrected chi connectivity index (χ4v) is 2.24. The van der Waals surface area contributed by atoms with Crippen LogP contribution in [0.4, 0.5) is 5.69 Å². The number of carbonyl (C=O) groups excluding carboxylic acids is 1. The van der Waals surface area contributed by atoms with Crippen molar-refractivity contribution in [3.05, 3.63) is 18.3 Å². The molecule has 1 aliphatic heterocycles. The predicted molar refractivity (Wildman–Crippen MR) is 75.8 cm³/mol. The number of hydrogen-bond acceptors (Lipinski definition) is 5. The molecule has 0 bridgehead atoms. The van der Waals surface area contributed by atoms with Gasteiger partial charge in [0, 0.05) is 12.2 Å². The normalized spacial score (nSPS) is 21.7. The minimum atomic E-state index is -0.190. The highest BCUT2D eigenvalue weighted by molar-refractivity contribution is 5.94. The number of nitrogens with zero attached hydrogens (tertiary/aromatic N) is 1. The molecule has 2 unspecified atom stereocenters. The highest BCUT2D eigenvalue weighted by atomic mass is 16.5. The van der Waals surface area contributed by atoms with E-state index in [4.69, 9.17) is 9.47 Å². The van der Waals surface area contributed by atoms with E-state index in [1.54, 1.807) is 18.3 Å². The summed E-state index contributed by atoms with van der Waals surface area (Å²) in [5.41, 5.74) is 0.599. The van der Waals surface area contributed by atoms with E-state index in [9.17, 15) is 4.79 Å². The van der Waals surface area contributed by atoms with E-state index < -0.39 is 0 Å². The van der Waals surface area contributed by atoms with Crippen molar-refractivity contribution in [3.8, 4) is 5.88 Å². The van der Waals surface area contributed by atoms with Gasteiger partial charge in [-0.1, -0.05) is 6.92 Å². The maximum Gasteiger partial charge on any atom is 0.237 e. The van der Waals surface area contributed by atoms with Gasteiger partial charge in [-0.2, -0.15) is 0 Å². The Morgan fingerprint density at radius 1 is 1.50 bits per heavy atom. The van der Waals surface area contributed by atoms with Gasteiger partial charge in [0.25, 0.3) is 0 Å². The third-order valence-corrected chi connectivity index (χ3v) is 3.19. The van der Waals surface area contributed by atoms with Crippen LogP contribution in [0.1, 0.15) is 13.8 Å². The monoisotopic (exact) mass is 279 g/mol. The Morgan fingerprint density at radius 3 is 3.10 bits per heavy atom. The number of anilines is 1. The van der Waals surface area contributed by atoms with Crippen molar-refractivity contribution in [1.82, 2.24) is 10.3 Å². The number of ether oxygens (including phenoxy) is 2. The zero-order chi connectivity index (χ0) is 14.4. The van der Waals surface area contributed by atoms with Gasteiger partial charge < -0.3 is 20.1 Å². The van der Waals surface area contributed by atoms with Gasteiger partial charge in [0.05, 0.1) is 25.7 Å². The predicted octanol–water partition coefficient (Wildman–Crippen LogP) is 1.04. The molecular weight excluding hydrogens is 258 g/mol. The first kappa shape index (κ1) is 14.7. The van der Waals surface area contributed by atoms with E-state index >= 15 is 0 Å². The number of hydrogen-bond donors (Lipinski definition) is 2. The molecule has 1 aliphatic rings. The SMILES string of the molecule is CCNC1COCC1C(=O)Nc1cccnc1OCC. The van der Waals surface area contributed by atoms with Crippen LogP contribution < -0.4 is 15.4 Å². The third kappa shape index (κ3) is 3.46. The van der Waals surface area contributed by atoms with Gasteiger partial charge in [0.2, 0.25) is 11.8 Å². The fourth-order valence-electron chi connectivity index (χ4n) is 2.24. The van der Waals surface area contributed by atoms with Crippen LogP contribution in [0.2, 0.25) is 0 Å². The minimum absolute atomic E-state index is 0.0622. The summed E-state index contributed by atoms with van der Waals surface area (Å²) in [7, 11) is 0. The maximum atomic E-state index is 12.3. The molecular formula is C14H21N3O3. The molecule has 110 valence electrons. The second-order valence-corrected chi connectivity index (χ2v) is 4.59. The van der Waals surface area contributed by atoms with Crippen molar-refractivity contribution in [3.63, 3.8) is 0 Å². The summed E-state index contributed by atoms with van der Waals surface area (Å²) < 4.78 is 10.8. The summed E-state index contributed by atoms with van der Waals surface area (Å²) in [6.45, 7) is 6.22. The summed E-state index contributed by atoms with van der Waals surface area (Å²) in [4.78, 5) is 16.5. The molecule has 6 nitrogen and oxygen atoms in total. The zero-order valence-electron chi connectivity index (χ0n) is 11.9. The highest BCUT2D eigenvalue weighted by Crippen LogP contribution is 2.23. The third-order valence-electron chi connectivity index (χ3n) is 3.19. The molecule has 1 saturated heterocycles. The number of carbonyl (C=O) groups is 1. The molecule has 6 heteroatoms. The molecule has 2 atom stereocenters. The average molecular weight is 279 g/mol. The number of pyridine rings is 1. The van der Waals surface area contributed by atoms with E-state index in [0.29, 0.717) is 31.4 Å². The quantitative estimate of drug-likeness (QED) is 0.814. The van der Waals surface area contributed by atoms with Crippen molar-refractivity contribution in [1.29, 1.82) is 0 Å². The van der Waals surface area contributed by atoms with Crippen LogP contribution in [-0.2, 0) is 9.53 Å². The summed E-state index contributed by atoms with van der Waals surface area (Å²) in [6, 6.07) is 3.62. The highest BCUT2D eigenvalue weighted by Gasteiger charge is 2.33. The van der Waals surface area contributed by atoms with Gasteiger partial charge in [-0.25, -0.2) is 4.98 Å². The molecule has 20 heavy (non-hydrogen) atoms. The number of likely N-dealkylation sites (N-methyl/N-ethyl adjacent to an activating group) is 1. The first-order valence-corrected chi connectivity index (χ1v) is 6.96. The van der Waals surface area contributed by atoms with E-state index in [1.165, 1.54) is 0 Å². The standard InChI is InChI=1S/C14H21N3O3/c1-3-15-12-9-19-8-10(12)13(18)17-11-6-5-7-16-14(11)20-4-2/h5-7,10,12,15H,3-4,8-9H2,1-2H3,(H,17,18). The van der Waals surface area contributed by atoms with Crippen LogP contribution in [-0.4, -0.2) is 43.3 Å². The van der Waals surface area contributed by atoms with E-state index in [1.807, 2.05) is 13.8 Å². The van der Waals surface area contributed by atoms with E-state index in [0.717, 1.165) is 6.54 Å². The summed E-state index contributed by atoms with van der Waals surface area (Å²) in [5, 5.41) is 6.15. The Kier molecular flexibility index (Phi) is 5.31. The van der Waals surface area contributed by atoms with Gasteiger partial charge >= 0.3 is 0 Å². The Bertz CT molecular complexity index is 453. The fraction of sp³-hybridized carbons (Fsp3) is 0.571. The van der Waals surface area contributed by atoms with Crippen LogP contribution in [0.25, 0.3) is 0 Å². The minimum Gasteiger partial charge on any atom is -0.476 e. The van der Waals surface area contributed by atoms with Gasteiger partial charge in [-0.15, -0.1) is 0 Å². The maximum absolute atomic E-state index is 12.3. The van der Waals surface area contributed by atoms with Gasteiger partial charge in [-0.05, 0) is 25.6 Å². The lowest BCUT2D eigenvalue weighted by Gasteiger charge is -2.18. The van der Waals surface area contributed by atoms with E-state index in [2.05, 4.69) is 15.6 Å². The summed E-state index contributed by atoms with van der Waals surface area (Å²) in [6.07, 6.45) is 1.64. The molecule has 1 fully saturated rings. The number of nitrogens with one attached hydrogen (secondary N) is 2. The molecule has 0 saturated carbocycles. The van der Waals surface area contributed by atoms with Crippen molar-refractivity contribution < 1.29 is 14.3 Å². The van der Waals surface area contributed by atoms with Crippen molar-refractivity contribution in [2.45, 2.75) is 19.9 Å². The van der Waals surface area contributed by atoms with E-state index in [-0.39, 0.29) is 17.9 Å². The van der Waals surface area contributed by atoms with Crippen LogP contribution >= 0.6 is 0 Å². The number of rotatable bonds is 6. The molecule has 2 N–H and O–H groups in total. The molecule has 2 heterocycles. The first-order valence-electron chi connectivity index (χ1n) is 6.96. The van der Waals surface area contributed by atoms with Gasteiger partial charge in [0.15, 0.2) is 0 Å². The Balaban J connectivity index is 2.04. The first-order chi connectivity index (χ1) is 9.76. The zero-order valence-corrected chi connectivity index (χ0v) is 11.9. The summed E-state index contributed by atoms with van der Waals surface area (Å²) >= 11 is 0.